The summed E-state index contributed by atoms with van der Waals surface area (Å²) in [4.78, 5) is 0. The fraction of sp³-hybridized carbons (Fsp3) is 0.600. The first-order valence-electron chi connectivity index (χ1n) is 8.26. The maximum Gasteiger partial charge on any atom is 0.0792 e. The molecule has 0 saturated heterocycles. The molecule has 0 heterocycles. The molecule has 21 heavy (non-hydrogen) atoms. The average molecular weight is 288 g/mol. The monoisotopic (exact) mass is 288 g/mol. The van der Waals surface area contributed by atoms with E-state index in [9.17, 15) is 5.11 Å². The van der Waals surface area contributed by atoms with Crippen LogP contribution < -0.4 is 0 Å². The maximum absolute atomic E-state index is 10.5. The van der Waals surface area contributed by atoms with Crippen LogP contribution in [0.3, 0.4) is 0 Å². The van der Waals surface area contributed by atoms with E-state index in [0.29, 0.717) is 5.92 Å². The summed E-state index contributed by atoms with van der Waals surface area (Å²) in [6, 6.07) is 0. The van der Waals surface area contributed by atoms with Crippen molar-refractivity contribution in [3.63, 3.8) is 0 Å². The zero-order chi connectivity index (χ0) is 15.8. The summed E-state index contributed by atoms with van der Waals surface area (Å²) in [5.41, 5.74) is 5.29. The van der Waals surface area contributed by atoms with Gasteiger partial charge in [0.25, 0.3) is 0 Å². The summed E-state index contributed by atoms with van der Waals surface area (Å²) in [5, 5.41) is 10.5. The quantitative estimate of drug-likeness (QED) is 0.611. The second-order valence-corrected chi connectivity index (χ2v) is 6.73. The van der Waals surface area contributed by atoms with Gasteiger partial charge in [-0.3, -0.25) is 0 Å². The normalized spacial score (nSPS) is 32.8. The number of rotatable bonds is 1. The van der Waals surface area contributed by atoms with E-state index in [2.05, 4.69) is 58.9 Å². The zero-order valence-electron chi connectivity index (χ0n) is 14.4. The van der Waals surface area contributed by atoms with Crippen LogP contribution in [0.15, 0.2) is 46.6 Å². The van der Waals surface area contributed by atoms with E-state index in [1.165, 1.54) is 16.7 Å². The molecule has 0 saturated carbocycles. The number of hydrogen-bond donors (Lipinski definition) is 1. The van der Waals surface area contributed by atoms with E-state index in [0.717, 1.165) is 37.7 Å². The van der Waals surface area contributed by atoms with Crippen LogP contribution >= 0.6 is 0 Å². The van der Waals surface area contributed by atoms with Gasteiger partial charge in [-0.2, -0.15) is 0 Å². The molecule has 1 nitrogen and oxygen atoms in total. The Morgan fingerprint density at radius 3 is 2.10 bits per heavy atom. The van der Waals surface area contributed by atoms with Crippen molar-refractivity contribution in [2.45, 2.75) is 72.8 Å². The van der Waals surface area contributed by atoms with Gasteiger partial charge in [-0.05, 0) is 64.4 Å². The fourth-order valence-corrected chi connectivity index (χ4v) is 2.71. The lowest BCUT2D eigenvalue weighted by molar-refractivity contribution is 0.200. The first-order valence-corrected chi connectivity index (χ1v) is 8.26. The predicted molar refractivity (Wildman–Crippen MR) is 93.3 cm³/mol. The number of aliphatic hydroxyl groups is 1. The van der Waals surface area contributed by atoms with Crippen LogP contribution in [0.1, 0.15) is 66.7 Å². The molecule has 0 radical (unpaired) electrons. The third-order valence-electron chi connectivity index (χ3n) is 4.19. The molecular weight excluding hydrogens is 256 g/mol. The fourth-order valence-electron chi connectivity index (χ4n) is 2.71. The molecule has 1 aliphatic rings. The van der Waals surface area contributed by atoms with E-state index < -0.39 is 0 Å². The number of aliphatic hydroxyl groups excluding tert-OH is 1. The lowest BCUT2D eigenvalue weighted by atomic mass is 9.92. The molecule has 1 atom stereocenters. The summed E-state index contributed by atoms with van der Waals surface area (Å²) < 4.78 is 0. The summed E-state index contributed by atoms with van der Waals surface area (Å²) in [7, 11) is 0. The Bertz CT molecular complexity index is 446. The zero-order valence-corrected chi connectivity index (χ0v) is 14.4. The maximum atomic E-state index is 10.5. The minimum Gasteiger partial charge on any atom is -0.388 e. The molecule has 118 valence electrons. The minimum atomic E-state index is -0.357. The molecular formula is C20H32O. The Balaban J connectivity index is 3.00. The molecule has 1 unspecified atom stereocenters. The van der Waals surface area contributed by atoms with Crippen molar-refractivity contribution in [3.8, 4) is 0 Å². The summed E-state index contributed by atoms with van der Waals surface area (Å²) >= 11 is 0. The topological polar surface area (TPSA) is 20.2 Å². The lowest BCUT2D eigenvalue weighted by Crippen LogP contribution is -2.15. The van der Waals surface area contributed by atoms with Crippen molar-refractivity contribution in [2.24, 2.45) is 5.92 Å². The third-order valence-corrected chi connectivity index (χ3v) is 4.19. The smallest absolute Gasteiger partial charge is 0.0792 e. The van der Waals surface area contributed by atoms with Gasteiger partial charge in [0.1, 0.15) is 0 Å². The largest absolute Gasteiger partial charge is 0.388 e. The summed E-state index contributed by atoms with van der Waals surface area (Å²) in [6.45, 7) is 10.9. The van der Waals surface area contributed by atoms with Crippen LogP contribution in [0.5, 0.6) is 0 Å². The highest BCUT2D eigenvalue weighted by atomic mass is 16.3. The predicted octanol–water partition coefficient (Wildman–Crippen LogP) is 5.73. The second-order valence-electron chi connectivity index (χ2n) is 6.73. The summed E-state index contributed by atoms with van der Waals surface area (Å²) in [6.07, 6.45) is 13.8. The van der Waals surface area contributed by atoms with Gasteiger partial charge in [0, 0.05) is 0 Å². The molecule has 0 aromatic carbocycles. The van der Waals surface area contributed by atoms with Crippen LogP contribution in [0, 0.1) is 5.92 Å². The number of allylic oxidation sites excluding steroid dienone is 6. The molecule has 0 spiro atoms. The van der Waals surface area contributed by atoms with Gasteiger partial charge in [0.15, 0.2) is 0 Å². The van der Waals surface area contributed by atoms with Crippen molar-refractivity contribution in [1.29, 1.82) is 0 Å². The van der Waals surface area contributed by atoms with Gasteiger partial charge >= 0.3 is 0 Å². The Morgan fingerprint density at radius 1 is 0.905 bits per heavy atom. The Kier molecular flexibility index (Phi) is 7.74. The van der Waals surface area contributed by atoms with Crippen LogP contribution in [0.2, 0.25) is 0 Å². The van der Waals surface area contributed by atoms with E-state index >= 15 is 0 Å². The first kappa shape index (κ1) is 18.0. The van der Waals surface area contributed by atoms with Crippen molar-refractivity contribution >= 4 is 0 Å². The van der Waals surface area contributed by atoms with Gasteiger partial charge in [-0.15, -0.1) is 0 Å². The molecule has 0 bridgehead atoms. The molecule has 0 aromatic rings. The molecule has 0 fully saturated rings. The Hall–Kier alpha value is -1.08. The van der Waals surface area contributed by atoms with Gasteiger partial charge in [-0.1, -0.05) is 54.9 Å². The van der Waals surface area contributed by atoms with E-state index in [1.807, 2.05) is 0 Å². The molecule has 1 N–H and O–H groups in total. The molecule has 1 heteroatoms. The molecule has 1 rings (SSSR count). The molecule has 1 aliphatic carbocycles. The van der Waals surface area contributed by atoms with Gasteiger partial charge in [0.05, 0.1) is 6.10 Å². The van der Waals surface area contributed by atoms with Crippen molar-refractivity contribution in [2.75, 3.05) is 0 Å². The van der Waals surface area contributed by atoms with Crippen LogP contribution in [0.25, 0.3) is 0 Å². The second kappa shape index (κ2) is 9.04. The third kappa shape index (κ3) is 6.95. The van der Waals surface area contributed by atoms with Gasteiger partial charge in [0.2, 0.25) is 0 Å². The Labute approximate surface area is 131 Å². The highest BCUT2D eigenvalue weighted by Crippen LogP contribution is 2.22. The first-order chi connectivity index (χ1) is 9.90. The van der Waals surface area contributed by atoms with Crippen molar-refractivity contribution in [1.82, 2.24) is 0 Å². The minimum absolute atomic E-state index is 0.357. The van der Waals surface area contributed by atoms with E-state index in [4.69, 9.17) is 0 Å². The lowest BCUT2D eigenvalue weighted by Gasteiger charge is -2.19. The number of hydrogen-bond acceptors (Lipinski definition) is 1. The van der Waals surface area contributed by atoms with Crippen molar-refractivity contribution < 1.29 is 5.11 Å². The van der Waals surface area contributed by atoms with E-state index in [-0.39, 0.29) is 6.10 Å². The molecule has 0 amide bonds. The van der Waals surface area contributed by atoms with Gasteiger partial charge in [-0.25, -0.2) is 0 Å². The van der Waals surface area contributed by atoms with Gasteiger partial charge < -0.3 is 5.11 Å². The van der Waals surface area contributed by atoms with Crippen LogP contribution in [0.4, 0.5) is 0 Å². The average Bonchev–Trinajstić information content (AvgIpc) is 2.37. The standard InChI is InChI=1S/C20H32O/c1-15(2)19-13-12-17(4)10-6-8-16(3)9-7-11-18(5)14-20(19)21/h8,11-13,15,20-21H,6-7,9-10,14H2,1-5H3/b16-8-,17-12-,18-11-,19-13-. The van der Waals surface area contributed by atoms with Crippen LogP contribution in [-0.2, 0) is 0 Å². The SMILES string of the molecule is C/C1=C/C=C(/C(C)C)C(O)C/C(C)=C\CC/C(C)=C\CC1. The van der Waals surface area contributed by atoms with E-state index in [1.54, 1.807) is 0 Å². The van der Waals surface area contributed by atoms with Crippen LogP contribution in [-0.4, -0.2) is 11.2 Å². The Morgan fingerprint density at radius 2 is 1.48 bits per heavy atom. The summed E-state index contributed by atoms with van der Waals surface area (Å²) in [5.74, 6) is 0.381. The highest BCUT2D eigenvalue weighted by Gasteiger charge is 2.14. The highest BCUT2D eigenvalue weighted by molar-refractivity contribution is 5.23. The molecule has 0 aromatic heterocycles. The molecule has 0 aliphatic heterocycles. The van der Waals surface area contributed by atoms with Crippen molar-refractivity contribution in [3.05, 3.63) is 46.6 Å².